The highest BCUT2D eigenvalue weighted by Crippen LogP contribution is 2.28. The SMILES string of the molecule is COc1ccc2occ(C(=O)C(C#N)C(=O)NC3CCCCC3)c2c1. The fourth-order valence-electron chi connectivity index (χ4n) is 3.25. The van der Waals surface area contributed by atoms with Gasteiger partial charge in [-0.05, 0) is 31.0 Å². The summed E-state index contributed by atoms with van der Waals surface area (Å²) in [5.41, 5.74) is 0.729. The second-order valence-corrected chi connectivity index (χ2v) is 6.28. The molecule has 1 fully saturated rings. The van der Waals surface area contributed by atoms with Gasteiger partial charge in [0.05, 0.1) is 18.7 Å². The van der Waals surface area contributed by atoms with E-state index in [9.17, 15) is 14.9 Å². The fourth-order valence-corrected chi connectivity index (χ4v) is 3.25. The van der Waals surface area contributed by atoms with Gasteiger partial charge in [0.15, 0.2) is 11.7 Å². The quantitative estimate of drug-likeness (QED) is 0.666. The second-order valence-electron chi connectivity index (χ2n) is 6.28. The number of carbonyl (C=O) groups excluding carboxylic acids is 2. The number of furan rings is 1. The smallest absolute Gasteiger partial charge is 0.245 e. The zero-order valence-electron chi connectivity index (χ0n) is 14.1. The van der Waals surface area contributed by atoms with Crippen LogP contribution in [0, 0.1) is 17.2 Å². The number of benzene rings is 1. The molecule has 2 aromatic rings. The number of nitrogens with one attached hydrogen (secondary N) is 1. The molecule has 1 aliphatic carbocycles. The number of hydrogen-bond donors (Lipinski definition) is 1. The highest BCUT2D eigenvalue weighted by molar-refractivity contribution is 6.17. The summed E-state index contributed by atoms with van der Waals surface area (Å²) in [5.74, 6) is -1.89. The molecule has 1 heterocycles. The Bertz CT molecular complexity index is 828. The van der Waals surface area contributed by atoms with Crippen LogP contribution in [0.15, 0.2) is 28.9 Å². The minimum absolute atomic E-state index is 0.0473. The van der Waals surface area contributed by atoms with Crippen molar-refractivity contribution in [1.29, 1.82) is 5.26 Å². The molecule has 1 aromatic heterocycles. The van der Waals surface area contributed by atoms with E-state index in [1.54, 1.807) is 18.2 Å². The highest BCUT2D eigenvalue weighted by Gasteiger charge is 2.31. The molecule has 6 heteroatoms. The molecule has 1 saturated carbocycles. The van der Waals surface area contributed by atoms with E-state index < -0.39 is 17.6 Å². The Balaban J connectivity index is 1.82. The summed E-state index contributed by atoms with van der Waals surface area (Å²) < 4.78 is 10.5. The van der Waals surface area contributed by atoms with E-state index >= 15 is 0 Å². The molecular weight excluding hydrogens is 320 g/mol. The molecule has 130 valence electrons. The van der Waals surface area contributed by atoms with Crippen LogP contribution >= 0.6 is 0 Å². The maximum absolute atomic E-state index is 12.7. The van der Waals surface area contributed by atoms with Crippen molar-refractivity contribution in [3.63, 3.8) is 0 Å². The van der Waals surface area contributed by atoms with Gasteiger partial charge in [0, 0.05) is 11.4 Å². The van der Waals surface area contributed by atoms with Crippen LogP contribution in [0.25, 0.3) is 11.0 Å². The molecule has 1 aromatic carbocycles. The Morgan fingerprint density at radius 1 is 1.32 bits per heavy atom. The number of ether oxygens (including phenoxy) is 1. The van der Waals surface area contributed by atoms with Crippen LogP contribution < -0.4 is 10.1 Å². The molecule has 0 bridgehead atoms. The molecule has 3 rings (SSSR count). The van der Waals surface area contributed by atoms with Crippen molar-refractivity contribution in [1.82, 2.24) is 5.32 Å². The lowest BCUT2D eigenvalue weighted by atomic mass is 9.93. The molecule has 1 N–H and O–H groups in total. The molecule has 0 radical (unpaired) electrons. The van der Waals surface area contributed by atoms with Gasteiger partial charge in [0.25, 0.3) is 0 Å². The summed E-state index contributed by atoms with van der Waals surface area (Å²) >= 11 is 0. The van der Waals surface area contributed by atoms with Gasteiger partial charge in [-0.25, -0.2) is 0 Å². The normalized spacial score (nSPS) is 16.2. The average Bonchev–Trinajstić information content (AvgIpc) is 3.06. The number of hydrogen-bond acceptors (Lipinski definition) is 5. The van der Waals surface area contributed by atoms with E-state index in [0.717, 1.165) is 32.1 Å². The lowest BCUT2D eigenvalue weighted by molar-refractivity contribution is -0.123. The zero-order chi connectivity index (χ0) is 17.8. The van der Waals surface area contributed by atoms with Crippen LogP contribution in [0.2, 0.25) is 0 Å². The van der Waals surface area contributed by atoms with Crippen molar-refractivity contribution in [2.45, 2.75) is 38.1 Å². The Kier molecular flexibility index (Phi) is 5.03. The third kappa shape index (κ3) is 3.50. The minimum atomic E-state index is -1.38. The summed E-state index contributed by atoms with van der Waals surface area (Å²) in [5, 5.41) is 12.8. The summed E-state index contributed by atoms with van der Waals surface area (Å²) in [6.45, 7) is 0. The van der Waals surface area contributed by atoms with Crippen LogP contribution in [0.4, 0.5) is 0 Å². The van der Waals surface area contributed by atoms with Crippen LogP contribution in [-0.2, 0) is 4.79 Å². The summed E-state index contributed by atoms with van der Waals surface area (Å²) in [6.07, 6.45) is 6.36. The van der Waals surface area contributed by atoms with E-state index in [1.165, 1.54) is 13.4 Å². The third-order valence-corrected chi connectivity index (χ3v) is 4.65. The number of rotatable bonds is 5. The van der Waals surface area contributed by atoms with Crippen molar-refractivity contribution in [3.8, 4) is 11.8 Å². The van der Waals surface area contributed by atoms with Crippen LogP contribution in [0.1, 0.15) is 42.5 Å². The first-order valence-electron chi connectivity index (χ1n) is 8.43. The van der Waals surface area contributed by atoms with Gasteiger partial charge in [-0.2, -0.15) is 5.26 Å². The number of ketones is 1. The molecular formula is C19H20N2O4. The number of nitriles is 1. The molecule has 1 aliphatic rings. The van der Waals surface area contributed by atoms with Gasteiger partial charge in [0.1, 0.15) is 17.6 Å². The number of Topliss-reactive ketones (excluding diaryl/α,β-unsaturated/α-hetero) is 1. The van der Waals surface area contributed by atoms with Crippen LogP contribution in [0.5, 0.6) is 5.75 Å². The first-order valence-corrected chi connectivity index (χ1v) is 8.43. The standard InChI is InChI=1S/C19H20N2O4/c1-24-13-7-8-17-14(9-13)16(11-25-17)18(22)15(10-20)19(23)21-12-5-3-2-4-6-12/h7-9,11-12,15H,2-6H2,1H3,(H,21,23). The van der Waals surface area contributed by atoms with Crippen molar-refractivity contribution >= 4 is 22.7 Å². The molecule has 1 amide bonds. The number of nitrogens with zero attached hydrogens (tertiary/aromatic N) is 1. The first kappa shape index (κ1) is 17.0. The molecule has 0 spiro atoms. The lowest BCUT2D eigenvalue weighted by Gasteiger charge is -2.23. The van der Waals surface area contributed by atoms with Crippen LogP contribution in [-0.4, -0.2) is 24.8 Å². The molecule has 25 heavy (non-hydrogen) atoms. The highest BCUT2D eigenvalue weighted by atomic mass is 16.5. The van der Waals surface area contributed by atoms with Crippen molar-refractivity contribution < 1.29 is 18.7 Å². The Morgan fingerprint density at radius 3 is 2.76 bits per heavy atom. The van der Waals surface area contributed by atoms with Gasteiger partial charge in [0.2, 0.25) is 5.91 Å². The molecule has 0 saturated heterocycles. The maximum Gasteiger partial charge on any atom is 0.245 e. The van der Waals surface area contributed by atoms with E-state index in [-0.39, 0.29) is 11.6 Å². The predicted octanol–water partition coefficient (Wildman–Crippen LogP) is 3.21. The predicted molar refractivity (Wildman–Crippen MR) is 91.2 cm³/mol. The van der Waals surface area contributed by atoms with Gasteiger partial charge in [-0.3, -0.25) is 9.59 Å². The van der Waals surface area contributed by atoms with Crippen molar-refractivity contribution in [2.75, 3.05) is 7.11 Å². The maximum atomic E-state index is 12.7. The zero-order valence-corrected chi connectivity index (χ0v) is 14.1. The minimum Gasteiger partial charge on any atom is -0.497 e. The molecule has 6 nitrogen and oxygen atoms in total. The monoisotopic (exact) mass is 340 g/mol. The number of fused-ring (bicyclic) bond motifs is 1. The topological polar surface area (TPSA) is 92.3 Å². The average molecular weight is 340 g/mol. The second kappa shape index (κ2) is 7.39. The molecule has 1 unspecified atom stereocenters. The van der Waals surface area contributed by atoms with Gasteiger partial charge in [-0.1, -0.05) is 19.3 Å². The van der Waals surface area contributed by atoms with Gasteiger partial charge < -0.3 is 14.5 Å². The largest absolute Gasteiger partial charge is 0.497 e. The van der Waals surface area contributed by atoms with Crippen molar-refractivity contribution in [3.05, 3.63) is 30.0 Å². The Morgan fingerprint density at radius 2 is 2.08 bits per heavy atom. The van der Waals surface area contributed by atoms with E-state index in [0.29, 0.717) is 16.7 Å². The molecule has 0 aliphatic heterocycles. The van der Waals surface area contributed by atoms with E-state index in [4.69, 9.17) is 9.15 Å². The lowest BCUT2D eigenvalue weighted by Crippen LogP contribution is -2.42. The van der Waals surface area contributed by atoms with Gasteiger partial charge in [-0.15, -0.1) is 0 Å². The summed E-state index contributed by atoms with van der Waals surface area (Å²) in [6, 6.07) is 6.96. The fraction of sp³-hybridized carbons (Fsp3) is 0.421. The summed E-state index contributed by atoms with van der Waals surface area (Å²) in [4.78, 5) is 25.2. The first-order chi connectivity index (χ1) is 12.1. The van der Waals surface area contributed by atoms with Crippen LogP contribution in [0.3, 0.4) is 0 Å². The summed E-state index contributed by atoms with van der Waals surface area (Å²) in [7, 11) is 1.53. The number of carbonyl (C=O) groups is 2. The molecule has 1 atom stereocenters. The number of methoxy groups -OCH3 is 1. The Hall–Kier alpha value is -2.81. The van der Waals surface area contributed by atoms with E-state index in [1.807, 2.05) is 6.07 Å². The number of amides is 1. The Labute approximate surface area is 145 Å². The van der Waals surface area contributed by atoms with Crippen molar-refractivity contribution in [2.24, 2.45) is 5.92 Å². The van der Waals surface area contributed by atoms with Gasteiger partial charge >= 0.3 is 0 Å². The van der Waals surface area contributed by atoms with E-state index in [2.05, 4.69) is 5.32 Å². The third-order valence-electron chi connectivity index (χ3n) is 4.65.